The molecular formula is C22H26Cl2N2O3S. The first kappa shape index (κ1) is 23.1. The van der Waals surface area contributed by atoms with E-state index in [0.29, 0.717) is 48.1 Å². The van der Waals surface area contributed by atoms with Crippen LogP contribution < -0.4 is 0 Å². The molecule has 1 aliphatic heterocycles. The number of piperidine rings is 1. The van der Waals surface area contributed by atoms with Crippen LogP contribution in [0.3, 0.4) is 0 Å². The van der Waals surface area contributed by atoms with Crippen molar-refractivity contribution < 1.29 is 13.2 Å². The fourth-order valence-corrected chi connectivity index (χ4v) is 6.00. The summed E-state index contributed by atoms with van der Waals surface area (Å²) in [5.74, 6) is -0.352. The van der Waals surface area contributed by atoms with Gasteiger partial charge >= 0.3 is 0 Å². The van der Waals surface area contributed by atoms with Gasteiger partial charge in [-0.05, 0) is 37.5 Å². The van der Waals surface area contributed by atoms with Crippen molar-refractivity contribution in [2.24, 2.45) is 5.92 Å². The molecule has 1 aliphatic rings. The number of carbonyl (C=O) groups excluding carboxylic acids is 1. The van der Waals surface area contributed by atoms with Crippen molar-refractivity contribution in [2.45, 2.75) is 32.1 Å². The average molecular weight is 469 g/mol. The molecule has 2 aromatic carbocycles. The van der Waals surface area contributed by atoms with Gasteiger partial charge in [0.25, 0.3) is 0 Å². The highest BCUT2D eigenvalue weighted by atomic mass is 35.5. The van der Waals surface area contributed by atoms with Crippen molar-refractivity contribution in [1.29, 1.82) is 0 Å². The Labute approximate surface area is 188 Å². The molecule has 0 atom stereocenters. The number of amides is 1. The summed E-state index contributed by atoms with van der Waals surface area (Å²) in [6.07, 6.45) is 1.01. The highest BCUT2D eigenvalue weighted by molar-refractivity contribution is 7.88. The molecular weight excluding hydrogens is 443 g/mol. The third-order valence-electron chi connectivity index (χ3n) is 5.50. The minimum atomic E-state index is -3.56. The third kappa shape index (κ3) is 5.55. The molecule has 0 radical (unpaired) electrons. The molecule has 5 nitrogen and oxygen atoms in total. The van der Waals surface area contributed by atoms with E-state index in [1.165, 1.54) is 9.87 Å². The van der Waals surface area contributed by atoms with Crippen LogP contribution in [0.25, 0.3) is 0 Å². The van der Waals surface area contributed by atoms with Crippen molar-refractivity contribution in [2.75, 3.05) is 20.1 Å². The first-order chi connectivity index (χ1) is 14.2. The Kier molecular flexibility index (Phi) is 7.45. The van der Waals surface area contributed by atoms with Gasteiger partial charge in [0.2, 0.25) is 15.9 Å². The molecule has 1 fully saturated rings. The lowest BCUT2D eigenvalue weighted by molar-refractivity contribution is -0.135. The van der Waals surface area contributed by atoms with E-state index >= 15 is 0 Å². The van der Waals surface area contributed by atoms with Gasteiger partial charge in [-0.25, -0.2) is 12.7 Å². The lowest BCUT2D eigenvalue weighted by atomic mass is 9.96. The quantitative estimate of drug-likeness (QED) is 0.626. The summed E-state index contributed by atoms with van der Waals surface area (Å²) in [6, 6.07) is 13.1. The lowest BCUT2D eigenvalue weighted by Gasteiger charge is -2.32. The number of hydrogen-bond acceptors (Lipinski definition) is 3. The Hall–Kier alpha value is -1.60. The Morgan fingerprint density at radius 3 is 2.20 bits per heavy atom. The zero-order valence-electron chi connectivity index (χ0n) is 17.1. The van der Waals surface area contributed by atoms with Crippen LogP contribution in [0.15, 0.2) is 42.5 Å². The predicted molar refractivity (Wildman–Crippen MR) is 121 cm³/mol. The fourth-order valence-electron chi connectivity index (χ4n) is 3.68. The molecule has 30 heavy (non-hydrogen) atoms. The SMILES string of the molecule is Cc1ccc(CN(C)C(=O)C2CCN(S(=O)(=O)Cc3c(Cl)cccc3Cl)CC2)cc1. The van der Waals surface area contributed by atoms with Gasteiger partial charge in [-0.2, -0.15) is 0 Å². The van der Waals surface area contributed by atoms with Crippen LogP contribution in [0.1, 0.15) is 29.5 Å². The Balaban J connectivity index is 1.58. The summed E-state index contributed by atoms with van der Waals surface area (Å²) < 4.78 is 27.1. The van der Waals surface area contributed by atoms with E-state index in [1.54, 1.807) is 30.1 Å². The largest absolute Gasteiger partial charge is 0.341 e. The number of hydrogen-bond donors (Lipinski definition) is 0. The van der Waals surface area contributed by atoms with Crippen LogP contribution in [-0.2, 0) is 27.1 Å². The highest BCUT2D eigenvalue weighted by Gasteiger charge is 2.33. The molecule has 0 aliphatic carbocycles. The molecule has 2 aromatic rings. The van der Waals surface area contributed by atoms with E-state index in [1.807, 2.05) is 31.2 Å². The molecule has 1 heterocycles. The smallest absolute Gasteiger partial charge is 0.225 e. The van der Waals surface area contributed by atoms with Crippen LogP contribution in [0, 0.1) is 12.8 Å². The van der Waals surface area contributed by atoms with E-state index in [2.05, 4.69) is 0 Å². The molecule has 0 N–H and O–H groups in total. The number of carbonyl (C=O) groups is 1. The molecule has 0 aromatic heterocycles. The Morgan fingerprint density at radius 1 is 1.07 bits per heavy atom. The second-order valence-electron chi connectivity index (χ2n) is 7.81. The predicted octanol–water partition coefficient (Wildman–Crippen LogP) is 4.50. The summed E-state index contributed by atoms with van der Waals surface area (Å²) in [7, 11) is -1.77. The average Bonchev–Trinajstić information content (AvgIpc) is 2.72. The standard InChI is InChI=1S/C22H26Cl2N2O3S/c1-16-6-8-17(9-7-16)14-25(2)22(27)18-10-12-26(13-11-18)30(28,29)15-19-20(23)4-3-5-21(19)24/h3-9,18H,10-15H2,1-2H3. The van der Waals surface area contributed by atoms with Crippen molar-refractivity contribution in [3.8, 4) is 0 Å². The molecule has 3 rings (SSSR count). The zero-order chi connectivity index (χ0) is 21.9. The van der Waals surface area contributed by atoms with E-state index in [0.717, 1.165) is 5.56 Å². The molecule has 0 bridgehead atoms. The number of nitrogens with zero attached hydrogens (tertiary/aromatic N) is 2. The van der Waals surface area contributed by atoms with Gasteiger partial charge in [-0.15, -0.1) is 0 Å². The van der Waals surface area contributed by atoms with E-state index in [9.17, 15) is 13.2 Å². The van der Waals surface area contributed by atoms with Gasteiger partial charge in [0, 0.05) is 48.2 Å². The number of aryl methyl sites for hydroxylation is 1. The van der Waals surface area contributed by atoms with Crippen LogP contribution in [-0.4, -0.2) is 43.7 Å². The second-order valence-corrected chi connectivity index (χ2v) is 10.6. The third-order valence-corrected chi connectivity index (χ3v) is 8.02. The fraction of sp³-hybridized carbons (Fsp3) is 0.409. The Bertz CT molecular complexity index is 981. The zero-order valence-corrected chi connectivity index (χ0v) is 19.5. The van der Waals surface area contributed by atoms with Crippen molar-refractivity contribution in [1.82, 2.24) is 9.21 Å². The van der Waals surface area contributed by atoms with Crippen LogP contribution in [0.2, 0.25) is 10.0 Å². The van der Waals surface area contributed by atoms with Gasteiger partial charge in [0.15, 0.2) is 0 Å². The number of rotatable bonds is 6. The molecule has 1 amide bonds. The highest BCUT2D eigenvalue weighted by Crippen LogP contribution is 2.29. The van der Waals surface area contributed by atoms with Gasteiger partial charge in [0.05, 0.1) is 5.75 Å². The van der Waals surface area contributed by atoms with E-state index in [4.69, 9.17) is 23.2 Å². The normalized spacial score (nSPS) is 15.9. The molecule has 8 heteroatoms. The van der Waals surface area contributed by atoms with Crippen LogP contribution >= 0.6 is 23.2 Å². The van der Waals surface area contributed by atoms with Crippen molar-refractivity contribution in [3.63, 3.8) is 0 Å². The second kappa shape index (κ2) is 9.69. The maximum absolute atomic E-state index is 12.9. The topological polar surface area (TPSA) is 57.7 Å². The lowest BCUT2D eigenvalue weighted by Crippen LogP contribution is -2.43. The molecule has 162 valence electrons. The summed E-state index contributed by atoms with van der Waals surface area (Å²) in [6.45, 7) is 3.21. The summed E-state index contributed by atoms with van der Waals surface area (Å²) in [4.78, 5) is 14.6. The maximum Gasteiger partial charge on any atom is 0.225 e. The van der Waals surface area contributed by atoms with Crippen LogP contribution in [0.5, 0.6) is 0 Å². The first-order valence-corrected chi connectivity index (χ1v) is 12.2. The molecule has 0 spiro atoms. The van der Waals surface area contributed by atoms with Gasteiger partial charge < -0.3 is 4.90 Å². The number of sulfonamides is 1. The first-order valence-electron chi connectivity index (χ1n) is 9.88. The van der Waals surface area contributed by atoms with Crippen molar-refractivity contribution >= 4 is 39.1 Å². The summed E-state index contributed by atoms with van der Waals surface area (Å²) >= 11 is 12.3. The minimum Gasteiger partial charge on any atom is -0.341 e. The van der Waals surface area contributed by atoms with E-state index in [-0.39, 0.29) is 17.6 Å². The number of halogens is 2. The minimum absolute atomic E-state index is 0.0572. The molecule has 0 unspecified atom stereocenters. The Morgan fingerprint density at radius 2 is 1.63 bits per heavy atom. The summed E-state index contributed by atoms with van der Waals surface area (Å²) in [5.41, 5.74) is 2.67. The molecule has 1 saturated heterocycles. The van der Waals surface area contributed by atoms with Crippen LogP contribution in [0.4, 0.5) is 0 Å². The number of benzene rings is 2. The monoisotopic (exact) mass is 468 g/mol. The van der Waals surface area contributed by atoms with Gasteiger partial charge in [0.1, 0.15) is 0 Å². The van der Waals surface area contributed by atoms with E-state index < -0.39 is 10.0 Å². The maximum atomic E-state index is 12.9. The van der Waals surface area contributed by atoms with Crippen molar-refractivity contribution in [3.05, 3.63) is 69.2 Å². The summed E-state index contributed by atoms with van der Waals surface area (Å²) in [5, 5.41) is 0.683. The van der Waals surface area contributed by atoms with Gasteiger partial charge in [-0.1, -0.05) is 59.1 Å². The molecule has 0 saturated carbocycles. The van der Waals surface area contributed by atoms with Gasteiger partial charge in [-0.3, -0.25) is 4.79 Å².